The maximum atomic E-state index is 12.6. The van der Waals surface area contributed by atoms with Gasteiger partial charge in [-0.3, -0.25) is 9.69 Å². The molecule has 0 unspecified atom stereocenters. The van der Waals surface area contributed by atoms with Crippen LogP contribution in [0.25, 0.3) is 5.69 Å². The molecule has 4 rings (SSSR count). The highest BCUT2D eigenvalue weighted by atomic mass is 16.1. The molecule has 5 heteroatoms. The summed E-state index contributed by atoms with van der Waals surface area (Å²) in [5.41, 5.74) is 3.68. The minimum absolute atomic E-state index is 0.0779. The molecule has 0 bridgehead atoms. The number of hydrogen-bond donors (Lipinski definition) is 1. The van der Waals surface area contributed by atoms with Gasteiger partial charge in [0.25, 0.3) is 5.91 Å². The van der Waals surface area contributed by atoms with Crippen LogP contribution in [-0.4, -0.2) is 33.4 Å². The van der Waals surface area contributed by atoms with Gasteiger partial charge in [0, 0.05) is 35.9 Å². The van der Waals surface area contributed by atoms with E-state index in [1.54, 1.807) is 12.5 Å². The number of aromatic nitrogens is 2. The van der Waals surface area contributed by atoms with Crippen molar-refractivity contribution < 1.29 is 4.79 Å². The Morgan fingerprint density at radius 3 is 2.59 bits per heavy atom. The molecule has 0 radical (unpaired) electrons. The molecule has 2 heterocycles. The summed E-state index contributed by atoms with van der Waals surface area (Å²) in [5.74, 6) is -0.0779. The zero-order valence-electron chi connectivity index (χ0n) is 15.3. The average molecular weight is 360 g/mol. The average Bonchev–Trinajstić information content (AvgIpc) is 3.24. The van der Waals surface area contributed by atoms with E-state index < -0.39 is 0 Å². The number of nitrogens with one attached hydrogen (secondary N) is 1. The van der Waals surface area contributed by atoms with Crippen molar-refractivity contribution in [2.75, 3.05) is 18.4 Å². The molecular formula is C22H24N4O. The number of piperidine rings is 1. The van der Waals surface area contributed by atoms with E-state index in [-0.39, 0.29) is 5.91 Å². The van der Waals surface area contributed by atoms with Gasteiger partial charge >= 0.3 is 0 Å². The van der Waals surface area contributed by atoms with E-state index in [2.05, 4.69) is 21.3 Å². The molecule has 1 aliphatic heterocycles. The molecule has 1 aromatic heterocycles. The van der Waals surface area contributed by atoms with Crippen LogP contribution in [0.2, 0.25) is 0 Å². The Labute approximate surface area is 159 Å². The molecule has 3 aromatic rings. The minimum atomic E-state index is -0.0779. The Bertz CT molecular complexity index is 881. The van der Waals surface area contributed by atoms with E-state index in [4.69, 9.17) is 0 Å². The fourth-order valence-electron chi connectivity index (χ4n) is 3.52. The molecule has 0 aliphatic carbocycles. The Morgan fingerprint density at radius 1 is 1.04 bits per heavy atom. The lowest BCUT2D eigenvalue weighted by Crippen LogP contribution is -2.29. The number of carbonyl (C=O) groups is 1. The number of rotatable bonds is 5. The van der Waals surface area contributed by atoms with E-state index in [9.17, 15) is 4.79 Å². The standard InChI is InChI=1S/C22H24N4O/c27-22(24-20-7-9-21(10-8-20)26-14-11-23-17-26)19-6-4-5-18(15-19)16-25-12-2-1-3-13-25/h4-11,14-15,17H,1-3,12-13,16H2,(H,24,27). The summed E-state index contributed by atoms with van der Waals surface area (Å²) in [7, 11) is 0. The van der Waals surface area contributed by atoms with Gasteiger partial charge in [0.1, 0.15) is 0 Å². The molecule has 5 nitrogen and oxygen atoms in total. The zero-order valence-corrected chi connectivity index (χ0v) is 15.3. The Hall–Kier alpha value is -2.92. The molecule has 1 fully saturated rings. The molecular weight excluding hydrogens is 336 g/mol. The van der Waals surface area contributed by atoms with E-state index >= 15 is 0 Å². The molecule has 2 aromatic carbocycles. The van der Waals surface area contributed by atoms with Gasteiger partial charge in [-0.05, 0) is 67.9 Å². The maximum absolute atomic E-state index is 12.6. The number of carbonyl (C=O) groups excluding carboxylic acids is 1. The van der Waals surface area contributed by atoms with Crippen LogP contribution in [0.15, 0.2) is 67.3 Å². The second kappa shape index (κ2) is 8.18. The van der Waals surface area contributed by atoms with Crippen molar-refractivity contribution in [1.82, 2.24) is 14.5 Å². The van der Waals surface area contributed by atoms with Crippen LogP contribution in [0, 0.1) is 0 Å². The number of likely N-dealkylation sites (tertiary alicyclic amines) is 1. The fraction of sp³-hybridized carbons (Fsp3) is 0.273. The first-order valence-electron chi connectivity index (χ1n) is 9.49. The first-order chi connectivity index (χ1) is 13.3. The first kappa shape index (κ1) is 17.5. The SMILES string of the molecule is O=C(Nc1ccc(-n2ccnc2)cc1)c1cccc(CN2CCCCC2)c1. The van der Waals surface area contributed by atoms with E-state index in [1.807, 2.05) is 53.2 Å². The Balaban J connectivity index is 1.41. The molecule has 1 aliphatic rings. The van der Waals surface area contributed by atoms with Crippen molar-refractivity contribution in [2.24, 2.45) is 0 Å². The van der Waals surface area contributed by atoms with Gasteiger partial charge in [0.15, 0.2) is 0 Å². The molecule has 1 N–H and O–H groups in total. The summed E-state index contributed by atoms with van der Waals surface area (Å²) < 4.78 is 1.93. The van der Waals surface area contributed by atoms with Crippen LogP contribution in [0.4, 0.5) is 5.69 Å². The minimum Gasteiger partial charge on any atom is -0.322 e. The number of anilines is 1. The van der Waals surface area contributed by atoms with Gasteiger partial charge in [-0.2, -0.15) is 0 Å². The van der Waals surface area contributed by atoms with E-state index in [1.165, 1.54) is 24.8 Å². The number of benzene rings is 2. The van der Waals surface area contributed by atoms with Gasteiger partial charge in [-0.1, -0.05) is 18.6 Å². The highest BCUT2D eigenvalue weighted by Crippen LogP contribution is 2.17. The topological polar surface area (TPSA) is 50.2 Å². The van der Waals surface area contributed by atoms with Crippen molar-refractivity contribution in [1.29, 1.82) is 0 Å². The van der Waals surface area contributed by atoms with Crippen molar-refractivity contribution in [3.63, 3.8) is 0 Å². The molecule has 27 heavy (non-hydrogen) atoms. The summed E-state index contributed by atoms with van der Waals surface area (Å²) in [6, 6.07) is 15.7. The smallest absolute Gasteiger partial charge is 0.255 e. The van der Waals surface area contributed by atoms with Gasteiger partial charge in [-0.15, -0.1) is 0 Å². The molecule has 1 saturated heterocycles. The quantitative estimate of drug-likeness (QED) is 0.745. The summed E-state index contributed by atoms with van der Waals surface area (Å²) in [4.78, 5) is 19.1. The van der Waals surface area contributed by atoms with Crippen molar-refractivity contribution in [3.05, 3.63) is 78.4 Å². The normalized spacial score (nSPS) is 14.8. The Morgan fingerprint density at radius 2 is 1.85 bits per heavy atom. The predicted octanol–water partition coefficient (Wildman–Crippen LogP) is 4.11. The van der Waals surface area contributed by atoms with Crippen molar-refractivity contribution in [2.45, 2.75) is 25.8 Å². The van der Waals surface area contributed by atoms with Crippen molar-refractivity contribution >= 4 is 11.6 Å². The molecule has 1 amide bonds. The number of hydrogen-bond acceptors (Lipinski definition) is 3. The molecule has 0 saturated carbocycles. The first-order valence-corrected chi connectivity index (χ1v) is 9.49. The summed E-state index contributed by atoms with van der Waals surface area (Å²) >= 11 is 0. The van der Waals surface area contributed by atoms with E-state index in [0.29, 0.717) is 5.56 Å². The fourth-order valence-corrected chi connectivity index (χ4v) is 3.52. The summed E-state index contributed by atoms with van der Waals surface area (Å²) in [6.07, 6.45) is 9.26. The monoisotopic (exact) mass is 360 g/mol. The van der Waals surface area contributed by atoms with Gasteiger partial charge in [0.2, 0.25) is 0 Å². The zero-order chi connectivity index (χ0) is 18.5. The van der Waals surface area contributed by atoms with Gasteiger partial charge in [-0.25, -0.2) is 4.98 Å². The third-order valence-corrected chi connectivity index (χ3v) is 4.97. The highest BCUT2D eigenvalue weighted by Gasteiger charge is 2.12. The van der Waals surface area contributed by atoms with Crippen LogP contribution >= 0.6 is 0 Å². The van der Waals surface area contributed by atoms with Crippen LogP contribution in [0.5, 0.6) is 0 Å². The number of imidazole rings is 1. The van der Waals surface area contributed by atoms with Crippen molar-refractivity contribution in [3.8, 4) is 5.69 Å². The van der Waals surface area contributed by atoms with Crippen LogP contribution < -0.4 is 5.32 Å². The number of amides is 1. The second-order valence-corrected chi connectivity index (χ2v) is 7.01. The molecule has 0 spiro atoms. The van der Waals surface area contributed by atoms with Crippen LogP contribution in [0.3, 0.4) is 0 Å². The third-order valence-electron chi connectivity index (χ3n) is 4.97. The van der Waals surface area contributed by atoms with E-state index in [0.717, 1.165) is 31.0 Å². The van der Waals surface area contributed by atoms with Gasteiger partial charge < -0.3 is 9.88 Å². The van der Waals surface area contributed by atoms with Gasteiger partial charge in [0.05, 0.1) is 6.33 Å². The molecule has 0 atom stereocenters. The van der Waals surface area contributed by atoms with Crippen LogP contribution in [-0.2, 0) is 6.54 Å². The summed E-state index contributed by atoms with van der Waals surface area (Å²) in [5, 5.41) is 2.98. The summed E-state index contributed by atoms with van der Waals surface area (Å²) in [6.45, 7) is 3.22. The van der Waals surface area contributed by atoms with Crippen LogP contribution in [0.1, 0.15) is 35.2 Å². The Kier molecular flexibility index (Phi) is 5.30. The third kappa shape index (κ3) is 4.44. The second-order valence-electron chi connectivity index (χ2n) is 7.01. The largest absolute Gasteiger partial charge is 0.322 e. The molecule has 138 valence electrons. The maximum Gasteiger partial charge on any atom is 0.255 e. The number of nitrogens with zero attached hydrogens (tertiary/aromatic N) is 3. The predicted molar refractivity (Wildman–Crippen MR) is 107 cm³/mol. The lowest BCUT2D eigenvalue weighted by Gasteiger charge is -2.26. The highest BCUT2D eigenvalue weighted by molar-refractivity contribution is 6.04. The lowest BCUT2D eigenvalue weighted by molar-refractivity contribution is 0.102. The lowest BCUT2D eigenvalue weighted by atomic mass is 10.1.